The van der Waals surface area contributed by atoms with Gasteiger partial charge in [0.2, 0.25) is 4.74 Å². The van der Waals surface area contributed by atoms with E-state index < -0.39 is 0 Å². The fourth-order valence-corrected chi connectivity index (χ4v) is 2.62. The summed E-state index contributed by atoms with van der Waals surface area (Å²) in [6.07, 6.45) is 0. The topological polar surface area (TPSA) is 33.2 Å². The van der Waals surface area contributed by atoms with E-state index in [0.29, 0.717) is 5.39 Å². The Morgan fingerprint density at radius 3 is 2.62 bits per heavy atom. The SMILES string of the molecule is CCN(CC)c1nc2ccccc2c(=O)s1. The summed E-state index contributed by atoms with van der Waals surface area (Å²) in [5.41, 5.74) is 0.785. The van der Waals surface area contributed by atoms with E-state index in [1.807, 2.05) is 24.3 Å². The van der Waals surface area contributed by atoms with Crippen LogP contribution in [-0.2, 0) is 0 Å². The summed E-state index contributed by atoms with van der Waals surface area (Å²) in [4.78, 5) is 18.5. The molecule has 0 bridgehead atoms. The third-order valence-electron chi connectivity index (χ3n) is 2.56. The van der Waals surface area contributed by atoms with Gasteiger partial charge in [0.15, 0.2) is 5.13 Å². The van der Waals surface area contributed by atoms with Gasteiger partial charge in [0.1, 0.15) is 0 Å². The van der Waals surface area contributed by atoms with Crippen LogP contribution in [0.15, 0.2) is 29.1 Å². The van der Waals surface area contributed by atoms with E-state index in [-0.39, 0.29) is 4.74 Å². The molecule has 4 heteroatoms. The van der Waals surface area contributed by atoms with Crippen LogP contribution in [0, 0.1) is 0 Å². The van der Waals surface area contributed by atoms with Crippen LogP contribution in [0.1, 0.15) is 13.8 Å². The van der Waals surface area contributed by atoms with Crippen LogP contribution in [0.2, 0.25) is 0 Å². The highest BCUT2D eigenvalue weighted by molar-refractivity contribution is 7.13. The van der Waals surface area contributed by atoms with E-state index in [4.69, 9.17) is 0 Å². The Hall–Kier alpha value is -1.42. The average molecular weight is 234 g/mol. The Morgan fingerprint density at radius 1 is 1.25 bits per heavy atom. The maximum atomic E-state index is 11.9. The first-order valence-corrected chi connectivity index (χ1v) is 6.22. The molecule has 1 aromatic heterocycles. The number of fused-ring (bicyclic) bond motifs is 1. The van der Waals surface area contributed by atoms with Crippen molar-refractivity contribution in [1.82, 2.24) is 4.98 Å². The Balaban J connectivity index is 2.62. The molecule has 0 saturated heterocycles. The molecule has 2 aromatic rings. The maximum Gasteiger partial charge on any atom is 0.245 e. The first-order chi connectivity index (χ1) is 7.76. The summed E-state index contributed by atoms with van der Waals surface area (Å²) in [6, 6.07) is 7.49. The van der Waals surface area contributed by atoms with Crippen LogP contribution in [0.25, 0.3) is 10.9 Å². The van der Waals surface area contributed by atoms with Crippen molar-refractivity contribution in [3.8, 4) is 0 Å². The van der Waals surface area contributed by atoms with Crippen molar-refractivity contribution in [2.75, 3.05) is 18.0 Å². The molecule has 0 atom stereocenters. The fraction of sp³-hybridized carbons (Fsp3) is 0.333. The zero-order valence-electron chi connectivity index (χ0n) is 9.43. The highest BCUT2D eigenvalue weighted by Gasteiger charge is 2.08. The van der Waals surface area contributed by atoms with Gasteiger partial charge in [0.25, 0.3) is 0 Å². The third-order valence-corrected chi connectivity index (χ3v) is 3.50. The van der Waals surface area contributed by atoms with Gasteiger partial charge in [-0.1, -0.05) is 23.5 Å². The lowest BCUT2D eigenvalue weighted by Gasteiger charge is -2.18. The number of hydrogen-bond acceptors (Lipinski definition) is 4. The summed E-state index contributed by atoms with van der Waals surface area (Å²) in [7, 11) is 0. The minimum absolute atomic E-state index is 0.0903. The largest absolute Gasteiger partial charge is 0.349 e. The first kappa shape index (κ1) is 11.1. The monoisotopic (exact) mass is 234 g/mol. The van der Waals surface area contributed by atoms with Gasteiger partial charge >= 0.3 is 0 Å². The minimum atomic E-state index is 0.0903. The summed E-state index contributed by atoms with van der Waals surface area (Å²) in [5, 5.41) is 1.53. The second-order valence-electron chi connectivity index (χ2n) is 3.47. The second kappa shape index (κ2) is 4.61. The highest BCUT2D eigenvalue weighted by atomic mass is 32.1. The summed E-state index contributed by atoms with van der Waals surface area (Å²) in [6.45, 7) is 5.88. The van der Waals surface area contributed by atoms with Crippen molar-refractivity contribution in [3.05, 3.63) is 33.8 Å². The van der Waals surface area contributed by atoms with Crippen molar-refractivity contribution >= 4 is 27.4 Å². The highest BCUT2D eigenvalue weighted by Crippen LogP contribution is 2.18. The van der Waals surface area contributed by atoms with Crippen molar-refractivity contribution in [2.24, 2.45) is 0 Å². The van der Waals surface area contributed by atoms with E-state index in [1.165, 1.54) is 11.3 Å². The molecule has 0 aliphatic carbocycles. The molecule has 84 valence electrons. The van der Waals surface area contributed by atoms with E-state index in [1.54, 1.807) is 0 Å². The summed E-state index contributed by atoms with van der Waals surface area (Å²) >= 11 is 1.22. The maximum absolute atomic E-state index is 11.9. The zero-order chi connectivity index (χ0) is 11.5. The van der Waals surface area contributed by atoms with E-state index in [9.17, 15) is 4.79 Å². The van der Waals surface area contributed by atoms with Crippen LogP contribution in [-0.4, -0.2) is 18.1 Å². The lowest BCUT2D eigenvalue weighted by Crippen LogP contribution is -2.23. The van der Waals surface area contributed by atoms with E-state index in [2.05, 4.69) is 23.7 Å². The predicted octanol–water partition coefficient (Wildman–Crippen LogP) is 2.50. The van der Waals surface area contributed by atoms with Gasteiger partial charge in [-0.15, -0.1) is 0 Å². The number of para-hydroxylation sites is 1. The third kappa shape index (κ3) is 1.93. The van der Waals surface area contributed by atoms with Crippen LogP contribution in [0.4, 0.5) is 5.13 Å². The normalized spacial score (nSPS) is 10.6. The quantitative estimate of drug-likeness (QED) is 0.818. The Kier molecular flexibility index (Phi) is 3.19. The number of anilines is 1. The van der Waals surface area contributed by atoms with Gasteiger partial charge in [-0.25, -0.2) is 4.98 Å². The van der Waals surface area contributed by atoms with Crippen LogP contribution >= 0.6 is 11.3 Å². The summed E-state index contributed by atoms with van der Waals surface area (Å²) < 4.78 is 0.0903. The molecule has 3 nitrogen and oxygen atoms in total. The van der Waals surface area contributed by atoms with Crippen LogP contribution < -0.4 is 9.64 Å². The molecule has 16 heavy (non-hydrogen) atoms. The molecule has 0 fully saturated rings. The minimum Gasteiger partial charge on any atom is -0.349 e. The number of rotatable bonds is 3. The lowest BCUT2D eigenvalue weighted by atomic mass is 10.3. The lowest BCUT2D eigenvalue weighted by molar-refractivity contribution is 0.861. The Bertz CT molecular complexity index is 546. The van der Waals surface area contributed by atoms with Crippen molar-refractivity contribution < 1.29 is 0 Å². The molecule has 1 aromatic carbocycles. The van der Waals surface area contributed by atoms with Crippen molar-refractivity contribution in [3.63, 3.8) is 0 Å². The molecule has 0 N–H and O–H groups in total. The predicted molar refractivity (Wildman–Crippen MR) is 69.5 cm³/mol. The van der Waals surface area contributed by atoms with Crippen molar-refractivity contribution in [2.45, 2.75) is 13.8 Å². The molecule has 0 unspecified atom stereocenters. The zero-order valence-corrected chi connectivity index (χ0v) is 10.3. The number of hydrogen-bond donors (Lipinski definition) is 0. The van der Waals surface area contributed by atoms with Crippen molar-refractivity contribution in [1.29, 1.82) is 0 Å². The molecule has 1 heterocycles. The van der Waals surface area contributed by atoms with Gasteiger partial charge in [-0.2, -0.15) is 0 Å². The molecule has 0 radical (unpaired) electrons. The second-order valence-corrected chi connectivity index (χ2v) is 4.41. The number of aromatic nitrogens is 1. The average Bonchev–Trinajstić information content (AvgIpc) is 2.31. The molecule has 0 amide bonds. The number of benzene rings is 1. The Morgan fingerprint density at radius 2 is 1.94 bits per heavy atom. The van der Waals surface area contributed by atoms with E-state index in [0.717, 1.165) is 23.7 Å². The number of nitrogens with zero attached hydrogens (tertiary/aromatic N) is 2. The molecule has 0 aliphatic rings. The molecule has 2 rings (SSSR count). The van der Waals surface area contributed by atoms with Gasteiger partial charge in [-0.05, 0) is 26.0 Å². The molecule has 0 saturated carbocycles. The molecular weight excluding hydrogens is 220 g/mol. The Labute approximate surface area is 98.4 Å². The molecule has 0 aliphatic heterocycles. The van der Waals surface area contributed by atoms with Crippen LogP contribution in [0.3, 0.4) is 0 Å². The van der Waals surface area contributed by atoms with Gasteiger partial charge in [-0.3, -0.25) is 4.79 Å². The van der Waals surface area contributed by atoms with Gasteiger partial charge < -0.3 is 4.90 Å². The molecule has 0 spiro atoms. The standard InChI is InChI=1S/C12H14N2OS/c1-3-14(4-2)12-13-10-8-6-5-7-9(10)11(15)16-12/h5-8H,3-4H2,1-2H3. The molecular formula is C12H14N2OS. The van der Waals surface area contributed by atoms with E-state index >= 15 is 0 Å². The fourth-order valence-electron chi connectivity index (χ4n) is 1.64. The smallest absolute Gasteiger partial charge is 0.245 e. The van der Waals surface area contributed by atoms with Gasteiger partial charge in [0.05, 0.1) is 10.9 Å². The summed E-state index contributed by atoms with van der Waals surface area (Å²) in [5.74, 6) is 0. The first-order valence-electron chi connectivity index (χ1n) is 5.41. The van der Waals surface area contributed by atoms with Crippen LogP contribution in [0.5, 0.6) is 0 Å². The van der Waals surface area contributed by atoms with Gasteiger partial charge in [0, 0.05) is 13.1 Å².